The molecule has 3 N–H and O–H groups in total. The molecule has 1 aliphatic heterocycles. The molecule has 0 aliphatic carbocycles. The maximum Gasteiger partial charge on any atom is 0.0705 e. The van der Waals surface area contributed by atoms with Crippen LogP contribution in [0.1, 0.15) is 24.2 Å². The summed E-state index contributed by atoms with van der Waals surface area (Å²) < 4.78 is 0. The van der Waals surface area contributed by atoms with Gasteiger partial charge in [0.15, 0.2) is 0 Å². The summed E-state index contributed by atoms with van der Waals surface area (Å²) in [7, 11) is 0. The van der Waals surface area contributed by atoms with E-state index in [4.69, 9.17) is 5.84 Å². The number of hydrogen-bond acceptors (Lipinski definition) is 5. The van der Waals surface area contributed by atoms with Crippen molar-refractivity contribution in [2.45, 2.75) is 30.4 Å². The van der Waals surface area contributed by atoms with Crippen LogP contribution < -0.4 is 11.3 Å². The maximum absolute atomic E-state index is 5.88. The Kier molecular flexibility index (Phi) is 4.74. The number of aromatic nitrogens is 1. The number of nitrogens with one attached hydrogen (secondary N) is 1. The molecule has 112 valence electrons. The van der Waals surface area contributed by atoms with E-state index in [1.165, 1.54) is 22.5 Å². The Morgan fingerprint density at radius 2 is 2.05 bits per heavy atom. The van der Waals surface area contributed by atoms with Crippen LogP contribution in [0.3, 0.4) is 0 Å². The lowest BCUT2D eigenvalue weighted by molar-refractivity contribution is 0.527. The molecule has 0 saturated carbocycles. The smallest absolute Gasteiger partial charge is 0.0705 e. The fourth-order valence-electron chi connectivity index (χ4n) is 2.84. The van der Waals surface area contributed by atoms with Gasteiger partial charge < -0.3 is 0 Å². The molecule has 2 heterocycles. The van der Waals surface area contributed by atoms with Crippen LogP contribution in [0.15, 0.2) is 30.3 Å². The second kappa shape index (κ2) is 6.57. The lowest BCUT2D eigenvalue weighted by Gasteiger charge is -2.34. The summed E-state index contributed by atoms with van der Waals surface area (Å²) >= 11 is 4.07. The molecule has 0 amide bonds. The molecule has 3 unspecified atom stereocenters. The molecule has 0 spiro atoms. The zero-order valence-corrected chi connectivity index (χ0v) is 14.0. The molecule has 3 rings (SSSR count). The third-order valence-electron chi connectivity index (χ3n) is 3.96. The fourth-order valence-corrected chi connectivity index (χ4v) is 5.77. The van der Waals surface area contributed by atoms with Crippen molar-refractivity contribution in [3.05, 3.63) is 41.6 Å². The van der Waals surface area contributed by atoms with Gasteiger partial charge in [-0.3, -0.25) is 16.3 Å². The number of pyridine rings is 1. The van der Waals surface area contributed by atoms with E-state index >= 15 is 0 Å². The van der Waals surface area contributed by atoms with Gasteiger partial charge in [0.05, 0.1) is 11.6 Å². The summed E-state index contributed by atoms with van der Waals surface area (Å²) in [4.78, 5) is 4.57. The minimum absolute atomic E-state index is 0.184. The monoisotopic (exact) mass is 319 g/mol. The SMILES string of the molecule is Cc1ccc2cc(C(NN)C3SCCSC3C)ccc2n1. The van der Waals surface area contributed by atoms with Crippen LogP contribution in [0.5, 0.6) is 0 Å². The van der Waals surface area contributed by atoms with Crippen LogP contribution in [0.4, 0.5) is 0 Å². The number of nitrogens with zero attached hydrogens (tertiary/aromatic N) is 1. The minimum atomic E-state index is 0.184. The number of aryl methyl sites for hydroxylation is 1. The fraction of sp³-hybridized carbons (Fsp3) is 0.438. The van der Waals surface area contributed by atoms with Gasteiger partial charge in [-0.2, -0.15) is 23.5 Å². The number of rotatable bonds is 3. The molecule has 1 saturated heterocycles. The third-order valence-corrected chi connectivity index (χ3v) is 7.15. The summed E-state index contributed by atoms with van der Waals surface area (Å²) in [5.74, 6) is 8.32. The predicted octanol–water partition coefficient (Wildman–Crippen LogP) is 3.28. The highest BCUT2D eigenvalue weighted by Gasteiger charge is 2.30. The molecule has 21 heavy (non-hydrogen) atoms. The van der Waals surface area contributed by atoms with Crippen LogP contribution in [0.25, 0.3) is 10.9 Å². The number of hydrazine groups is 1. The lowest BCUT2D eigenvalue weighted by Crippen LogP contribution is -2.40. The molecular formula is C16H21N3S2. The second-order valence-corrected chi connectivity index (χ2v) is 8.23. The Bertz CT molecular complexity index is 632. The van der Waals surface area contributed by atoms with Crippen LogP contribution in [0.2, 0.25) is 0 Å². The standard InChI is InChI=1S/C16H21N3S2/c1-10-3-4-12-9-13(5-6-14(12)18-10)15(19-17)16-11(2)20-7-8-21-16/h3-6,9,11,15-16,19H,7-8,17H2,1-2H3. The normalized spacial score (nSPS) is 24.1. The number of hydrogen-bond donors (Lipinski definition) is 2. The topological polar surface area (TPSA) is 50.9 Å². The van der Waals surface area contributed by atoms with Crippen molar-refractivity contribution in [2.24, 2.45) is 5.84 Å². The zero-order valence-electron chi connectivity index (χ0n) is 12.4. The van der Waals surface area contributed by atoms with Crippen molar-refractivity contribution in [3.63, 3.8) is 0 Å². The average Bonchev–Trinajstić information content (AvgIpc) is 2.50. The van der Waals surface area contributed by atoms with E-state index in [0.717, 1.165) is 11.2 Å². The van der Waals surface area contributed by atoms with Gasteiger partial charge >= 0.3 is 0 Å². The number of benzene rings is 1. The van der Waals surface area contributed by atoms with Crippen molar-refractivity contribution in [2.75, 3.05) is 11.5 Å². The van der Waals surface area contributed by atoms with E-state index in [-0.39, 0.29) is 6.04 Å². The molecule has 3 atom stereocenters. The Balaban J connectivity index is 1.94. The Labute approximate surface area is 134 Å². The van der Waals surface area contributed by atoms with E-state index in [1.807, 2.05) is 30.4 Å². The minimum Gasteiger partial charge on any atom is -0.271 e. The molecule has 0 radical (unpaired) electrons. The molecule has 1 fully saturated rings. The van der Waals surface area contributed by atoms with E-state index in [9.17, 15) is 0 Å². The first-order valence-corrected chi connectivity index (χ1v) is 9.35. The Morgan fingerprint density at radius 3 is 2.81 bits per heavy atom. The van der Waals surface area contributed by atoms with Gasteiger partial charge in [-0.05, 0) is 30.7 Å². The van der Waals surface area contributed by atoms with Crippen LogP contribution in [-0.2, 0) is 0 Å². The predicted molar refractivity (Wildman–Crippen MR) is 94.7 cm³/mol. The van der Waals surface area contributed by atoms with Crippen LogP contribution >= 0.6 is 23.5 Å². The quantitative estimate of drug-likeness (QED) is 0.671. The first-order chi connectivity index (χ1) is 10.2. The zero-order chi connectivity index (χ0) is 14.8. The number of thioether (sulfide) groups is 2. The van der Waals surface area contributed by atoms with Crippen LogP contribution in [-0.4, -0.2) is 27.0 Å². The summed E-state index contributed by atoms with van der Waals surface area (Å²) in [6.45, 7) is 4.33. The van der Waals surface area contributed by atoms with Crippen LogP contribution in [0, 0.1) is 6.92 Å². The van der Waals surface area contributed by atoms with Gasteiger partial charge in [-0.25, -0.2) is 0 Å². The second-order valence-electron chi connectivity index (χ2n) is 5.46. The largest absolute Gasteiger partial charge is 0.271 e. The molecule has 2 aromatic rings. The summed E-state index contributed by atoms with van der Waals surface area (Å²) in [5, 5.41) is 2.29. The first-order valence-electron chi connectivity index (χ1n) is 7.25. The Morgan fingerprint density at radius 1 is 1.24 bits per heavy atom. The number of nitrogens with two attached hydrogens (primary N) is 1. The Hall–Kier alpha value is -0.750. The van der Waals surface area contributed by atoms with Gasteiger partial charge in [0.25, 0.3) is 0 Å². The van der Waals surface area contributed by atoms with Crippen molar-refractivity contribution < 1.29 is 0 Å². The van der Waals surface area contributed by atoms with Gasteiger partial charge in [0, 0.05) is 33.1 Å². The summed E-state index contributed by atoms with van der Waals surface area (Å²) in [6, 6.07) is 10.9. The highest BCUT2D eigenvalue weighted by atomic mass is 32.2. The number of fused-ring (bicyclic) bond motifs is 1. The first kappa shape index (κ1) is 15.2. The molecule has 5 heteroatoms. The van der Waals surface area contributed by atoms with E-state index in [0.29, 0.717) is 10.5 Å². The highest BCUT2D eigenvalue weighted by Crippen LogP contribution is 2.38. The van der Waals surface area contributed by atoms with E-state index in [2.05, 4.69) is 47.7 Å². The highest BCUT2D eigenvalue weighted by molar-refractivity contribution is 8.07. The average molecular weight is 319 g/mol. The lowest BCUT2D eigenvalue weighted by atomic mass is 10.00. The van der Waals surface area contributed by atoms with Gasteiger partial charge in [-0.15, -0.1) is 0 Å². The molecule has 1 aromatic carbocycles. The molecule has 1 aromatic heterocycles. The van der Waals surface area contributed by atoms with Crippen molar-refractivity contribution in [3.8, 4) is 0 Å². The third kappa shape index (κ3) is 3.21. The molecule has 0 bridgehead atoms. The van der Waals surface area contributed by atoms with Crippen molar-refractivity contribution >= 4 is 34.4 Å². The molecular weight excluding hydrogens is 298 g/mol. The van der Waals surface area contributed by atoms with Crippen molar-refractivity contribution in [1.29, 1.82) is 0 Å². The maximum atomic E-state index is 5.88. The van der Waals surface area contributed by atoms with Gasteiger partial charge in [-0.1, -0.05) is 19.1 Å². The summed E-state index contributed by atoms with van der Waals surface area (Å²) in [6.07, 6.45) is 0. The molecule has 1 aliphatic rings. The molecule has 3 nitrogen and oxygen atoms in total. The van der Waals surface area contributed by atoms with Gasteiger partial charge in [0.1, 0.15) is 0 Å². The van der Waals surface area contributed by atoms with E-state index in [1.54, 1.807) is 0 Å². The summed E-state index contributed by atoms with van der Waals surface area (Å²) in [5.41, 5.74) is 6.39. The van der Waals surface area contributed by atoms with E-state index < -0.39 is 0 Å². The van der Waals surface area contributed by atoms with Gasteiger partial charge in [0.2, 0.25) is 0 Å². The van der Waals surface area contributed by atoms with Crippen molar-refractivity contribution in [1.82, 2.24) is 10.4 Å².